The Morgan fingerprint density at radius 2 is 2.17 bits per heavy atom. The predicted molar refractivity (Wildman–Crippen MR) is 107 cm³/mol. The fourth-order valence-electron chi connectivity index (χ4n) is 4.10. The molecule has 0 spiro atoms. The molecule has 0 aromatic carbocycles. The molecule has 0 N–H and O–H groups in total. The molecule has 4 aromatic heterocycles. The van der Waals surface area contributed by atoms with Crippen molar-refractivity contribution in [3.8, 4) is 0 Å². The number of fused-ring (bicyclic) bond motifs is 2. The van der Waals surface area contributed by atoms with E-state index in [0.29, 0.717) is 42.0 Å². The van der Waals surface area contributed by atoms with Crippen LogP contribution in [-0.4, -0.2) is 52.8 Å². The SMILES string of the molecule is CCCn1c(C(=O)N2CC[C@@H](n3ccnn3)C2)cc2c(=O)n3ccccc3nc21. The van der Waals surface area contributed by atoms with Crippen molar-refractivity contribution >= 4 is 22.6 Å². The van der Waals surface area contributed by atoms with Gasteiger partial charge in [-0.05, 0) is 31.0 Å². The maximum absolute atomic E-state index is 13.4. The first-order valence-electron chi connectivity index (χ1n) is 9.83. The van der Waals surface area contributed by atoms with Gasteiger partial charge in [0.25, 0.3) is 11.5 Å². The smallest absolute Gasteiger partial charge is 0.270 e. The number of amides is 1. The molecule has 0 saturated carbocycles. The molecule has 5 rings (SSSR count). The molecule has 0 radical (unpaired) electrons. The molecule has 9 nitrogen and oxygen atoms in total. The molecule has 9 heteroatoms. The summed E-state index contributed by atoms with van der Waals surface area (Å²) >= 11 is 0. The third-order valence-corrected chi connectivity index (χ3v) is 5.51. The second-order valence-corrected chi connectivity index (χ2v) is 7.34. The summed E-state index contributed by atoms with van der Waals surface area (Å²) in [5.74, 6) is -0.0764. The fraction of sp³-hybridized carbons (Fsp3) is 0.350. The summed E-state index contributed by atoms with van der Waals surface area (Å²) < 4.78 is 5.20. The van der Waals surface area contributed by atoms with E-state index in [4.69, 9.17) is 0 Å². The molecule has 1 fully saturated rings. The van der Waals surface area contributed by atoms with Gasteiger partial charge in [-0.25, -0.2) is 9.67 Å². The largest absolute Gasteiger partial charge is 0.335 e. The van der Waals surface area contributed by atoms with E-state index in [9.17, 15) is 9.59 Å². The van der Waals surface area contributed by atoms with Crippen LogP contribution in [0.15, 0.2) is 47.7 Å². The first kappa shape index (κ1) is 17.6. The van der Waals surface area contributed by atoms with Crippen LogP contribution in [0.4, 0.5) is 0 Å². The van der Waals surface area contributed by atoms with Crippen LogP contribution >= 0.6 is 0 Å². The molecule has 0 unspecified atom stereocenters. The molecule has 0 aliphatic carbocycles. The van der Waals surface area contributed by atoms with Crippen LogP contribution in [0.3, 0.4) is 0 Å². The highest BCUT2D eigenvalue weighted by Gasteiger charge is 2.31. The lowest BCUT2D eigenvalue weighted by atomic mass is 10.3. The molecule has 1 aliphatic rings. The fourth-order valence-corrected chi connectivity index (χ4v) is 4.10. The van der Waals surface area contributed by atoms with Gasteiger partial charge in [-0.15, -0.1) is 5.10 Å². The van der Waals surface area contributed by atoms with Crippen LogP contribution < -0.4 is 5.56 Å². The molecule has 5 heterocycles. The highest BCUT2D eigenvalue weighted by Crippen LogP contribution is 2.24. The van der Waals surface area contributed by atoms with Gasteiger partial charge in [0.05, 0.1) is 17.6 Å². The summed E-state index contributed by atoms with van der Waals surface area (Å²) in [6.45, 7) is 3.89. The topological polar surface area (TPSA) is 90.3 Å². The Bertz CT molecular complexity index is 1260. The number of pyridine rings is 1. The molecule has 148 valence electrons. The summed E-state index contributed by atoms with van der Waals surface area (Å²) in [5.41, 5.74) is 1.50. The summed E-state index contributed by atoms with van der Waals surface area (Å²) in [4.78, 5) is 32.8. The normalized spacial score (nSPS) is 16.9. The minimum atomic E-state index is -0.156. The molecule has 1 amide bonds. The van der Waals surface area contributed by atoms with Crippen LogP contribution in [0.2, 0.25) is 0 Å². The van der Waals surface area contributed by atoms with Crippen LogP contribution in [0.5, 0.6) is 0 Å². The lowest BCUT2D eigenvalue weighted by Gasteiger charge is -2.18. The number of carbonyl (C=O) groups excluding carboxylic acids is 1. The van der Waals surface area contributed by atoms with Crippen molar-refractivity contribution in [3.05, 3.63) is 58.9 Å². The van der Waals surface area contributed by atoms with Gasteiger partial charge in [-0.2, -0.15) is 0 Å². The maximum Gasteiger partial charge on any atom is 0.270 e. The minimum absolute atomic E-state index is 0.0764. The summed E-state index contributed by atoms with van der Waals surface area (Å²) in [5, 5.41) is 8.39. The number of hydrogen-bond donors (Lipinski definition) is 0. The molecule has 1 saturated heterocycles. The zero-order chi connectivity index (χ0) is 20.0. The van der Waals surface area contributed by atoms with Gasteiger partial charge in [-0.3, -0.25) is 14.0 Å². The van der Waals surface area contributed by atoms with Crippen molar-refractivity contribution in [2.45, 2.75) is 32.4 Å². The zero-order valence-electron chi connectivity index (χ0n) is 16.1. The molecule has 1 atom stereocenters. The Kier molecular flexibility index (Phi) is 4.15. The Labute approximate surface area is 166 Å². The number of aryl methyl sites for hydroxylation is 1. The van der Waals surface area contributed by atoms with E-state index in [-0.39, 0.29) is 17.5 Å². The maximum atomic E-state index is 13.4. The molecular formula is C20H21N7O2. The van der Waals surface area contributed by atoms with Gasteiger partial charge >= 0.3 is 0 Å². The van der Waals surface area contributed by atoms with Crippen molar-refractivity contribution < 1.29 is 4.79 Å². The lowest BCUT2D eigenvalue weighted by Crippen LogP contribution is -2.31. The Morgan fingerprint density at radius 1 is 1.28 bits per heavy atom. The summed E-state index contributed by atoms with van der Waals surface area (Å²) in [6, 6.07) is 7.27. The van der Waals surface area contributed by atoms with E-state index < -0.39 is 0 Å². The van der Waals surface area contributed by atoms with Gasteiger partial charge in [0.2, 0.25) is 0 Å². The third-order valence-electron chi connectivity index (χ3n) is 5.51. The quantitative estimate of drug-likeness (QED) is 0.529. The van der Waals surface area contributed by atoms with E-state index in [1.807, 2.05) is 28.7 Å². The minimum Gasteiger partial charge on any atom is -0.335 e. The van der Waals surface area contributed by atoms with Gasteiger partial charge in [0.15, 0.2) is 0 Å². The molecule has 1 aliphatic heterocycles. The van der Waals surface area contributed by atoms with Crippen LogP contribution in [0.1, 0.15) is 36.3 Å². The molecule has 29 heavy (non-hydrogen) atoms. The van der Waals surface area contributed by atoms with Crippen LogP contribution in [0.25, 0.3) is 16.7 Å². The average molecular weight is 391 g/mol. The lowest BCUT2D eigenvalue weighted by molar-refractivity contribution is 0.0776. The number of hydrogen-bond acceptors (Lipinski definition) is 5. The van der Waals surface area contributed by atoms with E-state index in [1.54, 1.807) is 35.3 Å². The first-order chi connectivity index (χ1) is 14.2. The van der Waals surface area contributed by atoms with Gasteiger partial charge in [-0.1, -0.05) is 18.2 Å². The highest BCUT2D eigenvalue weighted by atomic mass is 16.2. The van der Waals surface area contributed by atoms with E-state index >= 15 is 0 Å². The predicted octanol–water partition coefficient (Wildman–Crippen LogP) is 1.74. The Balaban J connectivity index is 1.58. The number of nitrogens with zero attached hydrogens (tertiary/aromatic N) is 7. The summed E-state index contributed by atoms with van der Waals surface area (Å²) in [6.07, 6.45) is 6.83. The van der Waals surface area contributed by atoms with E-state index in [0.717, 1.165) is 12.8 Å². The Morgan fingerprint density at radius 3 is 2.97 bits per heavy atom. The van der Waals surface area contributed by atoms with Crippen molar-refractivity contribution in [2.75, 3.05) is 13.1 Å². The second kappa shape index (κ2) is 6.84. The van der Waals surface area contributed by atoms with Gasteiger partial charge < -0.3 is 9.47 Å². The van der Waals surface area contributed by atoms with E-state index in [2.05, 4.69) is 15.3 Å². The molecule has 0 bridgehead atoms. The summed E-state index contributed by atoms with van der Waals surface area (Å²) in [7, 11) is 0. The second-order valence-electron chi connectivity index (χ2n) is 7.34. The van der Waals surface area contributed by atoms with Crippen molar-refractivity contribution in [2.24, 2.45) is 0 Å². The molecule has 4 aromatic rings. The Hall–Kier alpha value is -3.49. The van der Waals surface area contributed by atoms with Crippen molar-refractivity contribution in [1.82, 2.24) is 33.8 Å². The third kappa shape index (κ3) is 2.81. The average Bonchev–Trinajstić information content (AvgIpc) is 3.48. The first-order valence-corrected chi connectivity index (χ1v) is 9.83. The standard InChI is InChI=1S/C20H21N7O2/c1-2-8-25-16(20(29)24-10-6-14(13-24)27-11-7-21-23-27)12-15-18(25)22-17-5-3-4-9-26(17)19(15)28/h3-5,7,9,11-12,14H,2,6,8,10,13H2,1H3/t14-/m1/s1. The van der Waals surface area contributed by atoms with Crippen LogP contribution in [-0.2, 0) is 6.54 Å². The van der Waals surface area contributed by atoms with E-state index in [1.165, 1.54) is 4.40 Å². The van der Waals surface area contributed by atoms with Gasteiger partial charge in [0, 0.05) is 32.0 Å². The van der Waals surface area contributed by atoms with Crippen molar-refractivity contribution in [1.29, 1.82) is 0 Å². The number of aromatic nitrogens is 6. The zero-order valence-corrected chi connectivity index (χ0v) is 16.1. The number of rotatable bonds is 4. The highest BCUT2D eigenvalue weighted by molar-refractivity contribution is 5.98. The van der Waals surface area contributed by atoms with Crippen LogP contribution in [0, 0.1) is 0 Å². The molecular weight excluding hydrogens is 370 g/mol. The monoisotopic (exact) mass is 391 g/mol. The number of likely N-dealkylation sites (tertiary alicyclic amines) is 1. The number of carbonyl (C=O) groups is 1. The van der Waals surface area contributed by atoms with Crippen molar-refractivity contribution in [3.63, 3.8) is 0 Å². The van der Waals surface area contributed by atoms with Gasteiger partial charge in [0.1, 0.15) is 17.0 Å².